The first-order valence-corrected chi connectivity index (χ1v) is 7.02. The Morgan fingerprint density at radius 1 is 1.26 bits per heavy atom. The molecule has 0 saturated carbocycles. The van der Waals surface area contributed by atoms with Crippen molar-refractivity contribution < 1.29 is 14.7 Å². The van der Waals surface area contributed by atoms with Crippen molar-refractivity contribution >= 4 is 11.9 Å². The Labute approximate surface area is 115 Å². The Morgan fingerprint density at radius 2 is 1.84 bits per heavy atom. The molecule has 0 radical (unpaired) electrons. The van der Waals surface area contributed by atoms with Crippen molar-refractivity contribution in [2.45, 2.75) is 53.0 Å². The summed E-state index contributed by atoms with van der Waals surface area (Å²) in [6.07, 6.45) is 1.71. The molecule has 5 heteroatoms. The van der Waals surface area contributed by atoms with E-state index in [-0.39, 0.29) is 24.2 Å². The van der Waals surface area contributed by atoms with E-state index in [0.29, 0.717) is 12.5 Å². The van der Waals surface area contributed by atoms with E-state index in [1.54, 1.807) is 0 Å². The SMILES string of the molecule is CCC(C)C(N)C(=O)NC[C@H](CC(=O)O)CC(C)C. The molecule has 0 heterocycles. The highest BCUT2D eigenvalue weighted by atomic mass is 16.4. The van der Waals surface area contributed by atoms with Crippen molar-refractivity contribution in [3.8, 4) is 0 Å². The predicted octanol–water partition coefficient (Wildman–Crippen LogP) is 1.61. The van der Waals surface area contributed by atoms with Crippen molar-refractivity contribution in [1.29, 1.82) is 0 Å². The van der Waals surface area contributed by atoms with E-state index in [1.807, 2.05) is 27.7 Å². The van der Waals surface area contributed by atoms with Gasteiger partial charge in [0.05, 0.1) is 6.04 Å². The molecule has 0 aliphatic carbocycles. The van der Waals surface area contributed by atoms with E-state index < -0.39 is 12.0 Å². The number of hydrogen-bond donors (Lipinski definition) is 3. The highest BCUT2D eigenvalue weighted by Gasteiger charge is 2.21. The Morgan fingerprint density at radius 3 is 2.26 bits per heavy atom. The summed E-state index contributed by atoms with van der Waals surface area (Å²) in [5, 5.41) is 11.6. The lowest BCUT2D eigenvalue weighted by Gasteiger charge is -2.21. The molecular formula is C14H28N2O3. The molecule has 0 aromatic carbocycles. The van der Waals surface area contributed by atoms with Crippen molar-refractivity contribution in [3.63, 3.8) is 0 Å². The predicted molar refractivity (Wildman–Crippen MR) is 75.6 cm³/mol. The zero-order chi connectivity index (χ0) is 15.0. The van der Waals surface area contributed by atoms with Gasteiger partial charge in [-0.2, -0.15) is 0 Å². The van der Waals surface area contributed by atoms with Gasteiger partial charge in [-0.15, -0.1) is 0 Å². The smallest absolute Gasteiger partial charge is 0.303 e. The van der Waals surface area contributed by atoms with Gasteiger partial charge in [-0.3, -0.25) is 9.59 Å². The molecule has 0 aliphatic rings. The first kappa shape index (κ1) is 17.9. The number of aliphatic carboxylic acids is 1. The van der Waals surface area contributed by atoms with E-state index in [4.69, 9.17) is 10.8 Å². The van der Waals surface area contributed by atoms with E-state index in [1.165, 1.54) is 0 Å². The Hall–Kier alpha value is -1.10. The minimum atomic E-state index is -0.828. The maximum Gasteiger partial charge on any atom is 0.303 e. The van der Waals surface area contributed by atoms with Crippen LogP contribution in [-0.4, -0.2) is 29.6 Å². The van der Waals surface area contributed by atoms with Crippen LogP contribution in [0.25, 0.3) is 0 Å². The summed E-state index contributed by atoms with van der Waals surface area (Å²) in [6.45, 7) is 8.40. The van der Waals surface area contributed by atoms with Gasteiger partial charge in [-0.05, 0) is 24.2 Å². The molecule has 19 heavy (non-hydrogen) atoms. The van der Waals surface area contributed by atoms with Gasteiger partial charge in [0.15, 0.2) is 0 Å². The number of nitrogens with two attached hydrogens (primary N) is 1. The Bertz CT molecular complexity index is 292. The molecule has 112 valence electrons. The molecule has 0 aromatic heterocycles. The molecule has 0 spiro atoms. The number of amides is 1. The lowest BCUT2D eigenvalue weighted by atomic mass is 9.93. The number of carboxylic acids is 1. The fourth-order valence-corrected chi connectivity index (χ4v) is 2.03. The van der Waals surface area contributed by atoms with E-state index in [2.05, 4.69) is 5.32 Å². The minimum absolute atomic E-state index is 0.0365. The summed E-state index contributed by atoms with van der Waals surface area (Å²) in [4.78, 5) is 22.6. The van der Waals surface area contributed by atoms with Gasteiger partial charge < -0.3 is 16.2 Å². The van der Waals surface area contributed by atoms with Crippen LogP contribution in [0.1, 0.15) is 47.0 Å². The molecule has 5 nitrogen and oxygen atoms in total. The fourth-order valence-electron chi connectivity index (χ4n) is 2.03. The standard InChI is InChI=1S/C14H28N2O3/c1-5-10(4)13(15)14(19)16-8-11(6-9(2)3)7-12(17)18/h9-11,13H,5-8,15H2,1-4H3,(H,16,19)(H,17,18)/t10?,11-,13?/m0/s1. The van der Waals surface area contributed by atoms with Gasteiger partial charge in [0.25, 0.3) is 0 Å². The second-order valence-corrected chi connectivity index (χ2v) is 5.75. The number of nitrogens with one attached hydrogen (secondary N) is 1. The number of carbonyl (C=O) groups excluding carboxylic acids is 1. The first-order valence-electron chi connectivity index (χ1n) is 7.02. The van der Waals surface area contributed by atoms with Crippen LogP contribution in [0.15, 0.2) is 0 Å². The Kier molecular flexibility index (Phi) is 8.39. The van der Waals surface area contributed by atoms with Gasteiger partial charge in [0, 0.05) is 13.0 Å². The quantitative estimate of drug-likeness (QED) is 0.594. The highest BCUT2D eigenvalue weighted by Crippen LogP contribution is 2.15. The molecule has 0 saturated heterocycles. The van der Waals surface area contributed by atoms with Crippen molar-refractivity contribution in [3.05, 3.63) is 0 Å². The molecule has 3 atom stereocenters. The van der Waals surface area contributed by atoms with Crippen LogP contribution in [0.3, 0.4) is 0 Å². The summed E-state index contributed by atoms with van der Waals surface area (Å²) in [7, 11) is 0. The second-order valence-electron chi connectivity index (χ2n) is 5.75. The van der Waals surface area contributed by atoms with Gasteiger partial charge in [-0.1, -0.05) is 34.1 Å². The van der Waals surface area contributed by atoms with Crippen LogP contribution in [-0.2, 0) is 9.59 Å². The zero-order valence-corrected chi connectivity index (χ0v) is 12.5. The van der Waals surface area contributed by atoms with Gasteiger partial charge in [0.1, 0.15) is 0 Å². The summed E-state index contributed by atoms with van der Waals surface area (Å²) in [6, 6.07) is -0.519. The van der Waals surface area contributed by atoms with Crippen molar-refractivity contribution in [1.82, 2.24) is 5.32 Å². The second kappa shape index (κ2) is 8.91. The summed E-state index contributed by atoms with van der Waals surface area (Å²) < 4.78 is 0. The number of rotatable bonds is 9. The zero-order valence-electron chi connectivity index (χ0n) is 12.5. The average molecular weight is 272 g/mol. The van der Waals surface area contributed by atoms with Crippen LogP contribution < -0.4 is 11.1 Å². The van der Waals surface area contributed by atoms with E-state index in [0.717, 1.165) is 12.8 Å². The third-order valence-electron chi connectivity index (χ3n) is 3.39. The summed E-state index contributed by atoms with van der Waals surface area (Å²) in [5.74, 6) is -0.516. The van der Waals surface area contributed by atoms with E-state index >= 15 is 0 Å². The van der Waals surface area contributed by atoms with Crippen LogP contribution in [0.4, 0.5) is 0 Å². The van der Waals surface area contributed by atoms with Gasteiger partial charge in [-0.25, -0.2) is 0 Å². The third-order valence-corrected chi connectivity index (χ3v) is 3.39. The van der Waals surface area contributed by atoms with Crippen LogP contribution in [0, 0.1) is 17.8 Å². The first-order chi connectivity index (χ1) is 8.77. The minimum Gasteiger partial charge on any atom is -0.481 e. The van der Waals surface area contributed by atoms with Gasteiger partial charge >= 0.3 is 5.97 Å². The normalized spacial score (nSPS) is 15.9. The molecule has 1 amide bonds. The molecule has 0 aliphatic heterocycles. The topological polar surface area (TPSA) is 92.4 Å². The van der Waals surface area contributed by atoms with Crippen molar-refractivity contribution in [2.24, 2.45) is 23.5 Å². The van der Waals surface area contributed by atoms with E-state index in [9.17, 15) is 9.59 Å². The monoisotopic (exact) mass is 272 g/mol. The molecule has 4 N–H and O–H groups in total. The van der Waals surface area contributed by atoms with Crippen LogP contribution in [0.2, 0.25) is 0 Å². The molecule has 0 fully saturated rings. The molecule has 0 aromatic rings. The average Bonchev–Trinajstić information content (AvgIpc) is 2.32. The number of carboxylic acid groups (broad SMARTS) is 1. The third kappa shape index (κ3) is 7.82. The number of carbonyl (C=O) groups is 2. The Balaban J connectivity index is 4.29. The summed E-state index contributed by atoms with van der Waals surface area (Å²) >= 11 is 0. The maximum absolute atomic E-state index is 11.8. The fraction of sp³-hybridized carbons (Fsp3) is 0.857. The lowest BCUT2D eigenvalue weighted by molar-refractivity contribution is -0.138. The maximum atomic E-state index is 11.8. The molecular weight excluding hydrogens is 244 g/mol. The molecule has 0 bridgehead atoms. The van der Waals surface area contributed by atoms with Gasteiger partial charge in [0.2, 0.25) is 5.91 Å². The lowest BCUT2D eigenvalue weighted by Crippen LogP contribution is -2.46. The van der Waals surface area contributed by atoms with Crippen molar-refractivity contribution in [2.75, 3.05) is 6.54 Å². The van der Waals surface area contributed by atoms with Crippen LogP contribution >= 0.6 is 0 Å². The molecule has 2 unspecified atom stereocenters. The highest BCUT2D eigenvalue weighted by molar-refractivity contribution is 5.81. The largest absolute Gasteiger partial charge is 0.481 e. The summed E-state index contributed by atoms with van der Waals surface area (Å²) in [5.41, 5.74) is 5.83. The molecule has 0 rings (SSSR count). The van der Waals surface area contributed by atoms with Crippen LogP contribution in [0.5, 0.6) is 0 Å². The number of hydrogen-bond acceptors (Lipinski definition) is 3.